The number of rotatable bonds is 2. The highest BCUT2D eigenvalue weighted by atomic mass is 32.1. The van der Waals surface area contributed by atoms with Crippen molar-refractivity contribution in [3.63, 3.8) is 0 Å². The smallest absolute Gasteiger partial charge is 0.271 e. The Labute approximate surface area is 171 Å². The van der Waals surface area contributed by atoms with Crippen LogP contribution >= 0.6 is 11.5 Å². The molecule has 2 heterocycles. The van der Waals surface area contributed by atoms with Crippen molar-refractivity contribution in [1.29, 1.82) is 0 Å². The topological polar surface area (TPSA) is 80.9 Å². The number of benzene rings is 2. The van der Waals surface area contributed by atoms with Gasteiger partial charge in [-0.25, -0.2) is 13.2 Å². The van der Waals surface area contributed by atoms with Crippen LogP contribution in [0.15, 0.2) is 39.9 Å². The average molecular weight is 431 g/mol. The second-order valence-corrected chi connectivity index (χ2v) is 8.43. The lowest BCUT2D eigenvalue weighted by Crippen LogP contribution is -2.17. The highest BCUT2D eigenvalue weighted by molar-refractivity contribution is 7.12. The van der Waals surface area contributed by atoms with Gasteiger partial charge in [-0.1, -0.05) is 0 Å². The number of aromatic nitrogens is 2. The van der Waals surface area contributed by atoms with Crippen molar-refractivity contribution < 1.29 is 13.2 Å². The van der Waals surface area contributed by atoms with E-state index in [-0.39, 0.29) is 38.8 Å². The Hall–Kier alpha value is -2.91. The van der Waals surface area contributed by atoms with Crippen LogP contribution in [0.5, 0.6) is 0 Å². The Bertz CT molecular complexity index is 1440. The molecule has 0 spiro atoms. The monoisotopic (exact) mass is 431 g/mol. The van der Waals surface area contributed by atoms with Crippen LogP contribution in [0.3, 0.4) is 0 Å². The number of hydrogen-bond acceptors (Lipinski definition) is 4. The molecule has 1 aliphatic rings. The predicted molar refractivity (Wildman–Crippen MR) is 110 cm³/mol. The Morgan fingerprint density at radius 3 is 2.57 bits per heavy atom. The molecule has 2 aromatic carbocycles. The van der Waals surface area contributed by atoms with E-state index in [0.29, 0.717) is 18.4 Å². The lowest BCUT2D eigenvalue weighted by molar-refractivity contribution is 0.577. The number of aromatic amines is 1. The normalized spacial score (nSPS) is 19.2. The molecule has 5 rings (SSSR count). The molecule has 2 atom stereocenters. The van der Waals surface area contributed by atoms with Crippen molar-refractivity contribution in [3.8, 4) is 5.69 Å². The number of hydrogen-bond donors (Lipinski definition) is 2. The molecule has 154 valence electrons. The molecule has 0 aliphatic heterocycles. The summed E-state index contributed by atoms with van der Waals surface area (Å²) in [5, 5.41) is -0.232. The molecule has 2 unspecified atom stereocenters. The summed E-state index contributed by atoms with van der Waals surface area (Å²) in [6, 6.07) is 5.64. The number of halogens is 3. The molecule has 1 aliphatic carbocycles. The first-order valence-corrected chi connectivity index (χ1v) is 10.3. The lowest BCUT2D eigenvalue weighted by Gasteiger charge is -2.17. The molecule has 30 heavy (non-hydrogen) atoms. The van der Waals surface area contributed by atoms with Crippen LogP contribution < -0.4 is 16.7 Å². The summed E-state index contributed by atoms with van der Waals surface area (Å²) < 4.78 is 47.1. The summed E-state index contributed by atoms with van der Waals surface area (Å²) in [6.07, 6.45) is 2.08. The zero-order valence-electron chi connectivity index (χ0n) is 15.5. The maximum absolute atomic E-state index is 15.0. The summed E-state index contributed by atoms with van der Waals surface area (Å²) >= 11 is 0.871. The van der Waals surface area contributed by atoms with Crippen LogP contribution in [-0.2, 0) is 0 Å². The van der Waals surface area contributed by atoms with Crippen LogP contribution in [0.4, 0.5) is 13.2 Å². The highest BCUT2D eigenvalue weighted by Crippen LogP contribution is 2.37. The van der Waals surface area contributed by atoms with Crippen molar-refractivity contribution in [2.24, 2.45) is 5.73 Å². The number of nitrogens with zero attached hydrogens (tertiary/aromatic N) is 1. The molecule has 0 bridgehead atoms. The summed E-state index contributed by atoms with van der Waals surface area (Å²) in [5.41, 5.74) is 5.33. The zero-order chi connectivity index (χ0) is 21.2. The SMILES string of the molecule is NC1CCC(c2cc3c(cc2F)c(=O)c2c(=O)[nH]sc2n3-c2ccc(F)cc2F)C1. The molecule has 0 radical (unpaired) electrons. The van der Waals surface area contributed by atoms with Gasteiger partial charge in [-0.15, -0.1) is 0 Å². The number of H-pyrrole nitrogens is 1. The molecule has 3 N–H and O–H groups in total. The van der Waals surface area contributed by atoms with Gasteiger partial charge in [0.25, 0.3) is 5.56 Å². The van der Waals surface area contributed by atoms with Gasteiger partial charge in [-0.3, -0.25) is 18.5 Å². The predicted octanol–water partition coefficient (Wildman–Crippen LogP) is 3.91. The van der Waals surface area contributed by atoms with E-state index in [4.69, 9.17) is 5.73 Å². The Morgan fingerprint density at radius 2 is 1.87 bits per heavy atom. The van der Waals surface area contributed by atoms with Crippen LogP contribution in [0.1, 0.15) is 30.7 Å². The van der Waals surface area contributed by atoms with E-state index < -0.39 is 28.4 Å². The molecular weight excluding hydrogens is 415 g/mol. The molecule has 1 saturated carbocycles. The van der Waals surface area contributed by atoms with Gasteiger partial charge in [0.1, 0.15) is 27.7 Å². The molecule has 5 nitrogen and oxygen atoms in total. The van der Waals surface area contributed by atoms with Crippen LogP contribution in [0, 0.1) is 17.5 Å². The lowest BCUT2D eigenvalue weighted by atomic mass is 9.95. The van der Waals surface area contributed by atoms with E-state index in [1.54, 1.807) is 0 Å². The Kier molecular flexibility index (Phi) is 4.33. The molecule has 2 aromatic heterocycles. The minimum Gasteiger partial charge on any atom is -0.328 e. The fourth-order valence-electron chi connectivity index (χ4n) is 4.35. The fourth-order valence-corrected chi connectivity index (χ4v) is 5.22. The first kappa shape index (κ1) is 19.1. The largest absolute Gasteiger partial charge is 0.328 e. The second-order valence-electron chi connectivity index (χ2n) is 7.63. The molecule has 1 fully saturated rings. The van der Waals surface area contributed by atoms with Gasteiger partial charge in [0.15, 0.2) is 0 Å². The maximum Gasteiger partial charge on any atom is 0.271 e. The maximum atomic E-state index is 15.0. The van der Waals surface area contributed by atoms with Crippen molar-refractivity contribution in [3.05, 3.63) is 73.9 Å². The third-order valence-corrected chi connectivity index (χ3v) is 6.64. The fraction of sp³-hybridized carbons (Fsp3) is 0.238. The van der Waals surface area contributed by atoms with Gasteiger partial charge in [-0.05, 0) is 66.5 Å². The summed E-state index contributed by atoms with van der Waals surface area (Å²) in [5.74, 6) is -2.30. The van der Waals surface area contributed by atoms with Crippen molar-refractivity contribution in [2.45, 2.75) is 31.2 Å². The van der Waals surface area contributed by atoms with E-state index in [0.717, 1.165) is 36.2 Å². The molecule has 4 aromatic rings. The molecule has 9 heteroatoms. The van der Waals surface area contributed by atoms with E-state index in [1.807, 2.05) is 0 Å². The number of nitrogens with two attached hydrogens (primary N) is 1. The quantitative estimate of drug-likeness (QED) is 0.505. The van der Waals surface area contributed by atoms with Gasteiger partial charge in [0.2, 0.25) is 5.43 Å². The van der Waals surface area contributed by atoms with E-state index in [9.17, 15) is 22.8 Å². The van der Waals surface area contributed by atoms with Gasteiger partial charge in [0.05, 0.1) is 11.2 Å². The van der Waals surface area contributed by atoms with Crippen molar-refractivity contribution >= 4 is 32.7 Å². The van der Waals surface area contributed by atoms with Gasteiger partial charge < -0.3 is 5.73 Å². The van der Waals surface area contributed by atoms with Crippen molar-refractivity contribution in [2.75, 3.05) is 0 Å². The average Bonchev–Trinajstić information content (AvgIpc) is 3.29. The Morgan fingerprint density at radius 1 is 1.07 bits per heavy atom. The summed E-state index contributed by atoms with van der Waals surface area (Å²) in [4.78, 5) is 25.4. The van der Waals surface area contributed by atoms with Crippen LogP contribution in [0.2, 0.25) is 0 Å². The van der Waals surface area contributed by atoms with E-state index in [1.165, 1.54) is 16.7 Å². The van der Waals surface area contributed by atoms with E-state index >= 15 is 0 Å². The third-order valence-electron chi connectivity index (χ3n) is 5.78. The van der Waals surface area contributed by atoms with Gasteiger partial charge in [-0.2, -0.15) is 0 Å². The molecule has 0 saturated heterocycles. The number of nitrogens with one attached hydrogen (secondary N) is 1. The Balaban J connectivity index is 1.93. The number of pyridine rings is 1. The van der Waals surface area contributed by atoms with Crippen LogP contribution in [-0.4, -0.2) is 15.0 Å². The van der Waals surface area contributed by atoms with Gasteiger partial charge >= 0.3 is 0 Å². The summed E-state index contributed by atoms with van der Waals surface area (Å²) in [6.45, 7) is 0. The first-order valence-electron chi connectivity index (χ1n) is 9.45. The van der Waals surface area contributed by atoms with E-state index in [2.05, 4.69) is 4.37 Å². The minimum atomic E-state index is -0.865. The first-order chi connectivity index (χ1) is 14.3. The molecular formula is C21H16F3N3O2S. The highest BCUT2D eigenvalue weighted by Gasteiger charge is 2.27. The number of fused-ring (bicyclic) bond motifs is 2. The second kappa shape index (κ2) is 6.82. The third kappa shape index (κ3) is 2.80. The van der Waals surface area contributed by atoms with Crippen LogP contribution in [0.25, 0.3) is 26.8 Å². The summed E-state index contributed by atoms with van der Waals surface area (Å²) in [7, 11) is 0. The minimum absolute atomic E-state index is 0.0285. The zero-order valence-corrected chi connectivity index (χ0v) is 16.4. The van der Waals surface area contributed by atoms with Crippen molar-refractivity contribution in [1.82, 2.24) is 8.94 Å². The molecule has 0 amide bonds. The van der Waals surface area contributed by atoms with Gasteiger partial charge in [0, 0.05) is 17.5 Å². The standard InChI is InChI=1S/C21H16F3N3O2S/c22-10-2-4-16(15(24)6-10)27-17-8-12(9-1-3-11(25)5-9)14(23)7-13(17)19(28)18-20(29)26-30-21(18)27/h2,4,6-9,11H,1,3,5,25H2,(H,26,29).